The van der Waals surface area contributed by atoms with E-state index in [4.69, 9.17) is 16.3 Å². The molecule has 3 aromatic rings. The van der Waals surface area contributed by atoms with Gasteiger partial charge in [-0.2, -0.15) is 4.98 Å². The fraction of sp³-hybridized carbons (Fsp3) is 0.308. The van der Waals surface area contributed by atoms with E-state index in [1.165, 1.54) is 6.20 Å². The van der Waals surface area contributed by atoms with Crippen molar-refractivity contribution in [2.75, 3.05) is 42.8 Å². The number of hydrogen-bond acceptors (Lipinski definition) is 8. The highest BCUT2D eigenvalue weighted by Crippen LogP contribution is 2.35. The van der Waals surface area contributed by atoms with Crippen molar-refractivity contribution in [3.8, 4) is 5.75 Å². The Morgan fingerprint density at radius 2 is 1.95 bits per heavy atom. The SMILES string of the molecule is COc1cc(N2CCC(C(=O)O)CC2)ccc1Nc1ncc(Cl)c(Nc2cccc3c2C(=O)N(C)C3)n1. The molecule has 2 aliphatic rings. The Bertz CT molecular complexity index is 1360. The molecule has 3 heterocycles. The van der Waals surface area contributed by atoms with E-state index < -0.39 is 5.97 Å². The lowest BCUT2D eigenvalue weighted by Crippen LogP contribution is -2.36. The van der Waals surface area contributed by atoms with E-state index in [-0.39, 0.29) is 11.8 Å². The Kier molecular flexibility index (Phi) is 6.75. The topological polar surface area (TPSA) is 120 Å². The number of benzene rings is 2. The lowest BCUT2D eigenvalue weighted by atomic mass is 9.97. The smallest absolute Gasteiger partial charge is 0.306 e. The highest BCUT2D eigenvalue weighted by atomic mass is 35.5. The number of nitrogens with one attached hydrogen (secondary N) is 2. The molecular formula is C26H27ClN6O4. The number of halogens is 1. The Balaban J connectivity index is 1.35. The molecule has 11 heteroatoms. The maximum absolute atomic E-state index is 12.6. The number of hydrogen-bond donors (Lipinski definition) is 3. The molecule has 5 rings (SSSR count). The number of piperidine rings is 1. The third-order valence-corrected chi connectivity index (χ3v) is 7.03. The Hall–Kier alpha value is -4.05. The van der Waals surface area contributed by atoms with Gasteiger partial charge in [-0.15, -0.1) is 0 Å². The number of carbonyl (C=O) groups is 2. The summed E-state index contributed by atoms with van der Waals surface area (Å²) in [6.45, 7) is 1.90. The van der Waals surface area contributed by atoms with E-state index in [0.717, 1.165) is 11.3 Å². The zero-order valence-electron chi connectivity index (χ0n) is 20.5. The van der Waals surface area contributed by atoms with Gasteiger partial charge in [-0.05, 0) is 36.6 Å². The first kappa shape index (κ1) is 24.6. The molecule has 0 bridgehead atoms. The summed E-state index contributed by atoms with van der Waals surface area (Å²) in [5.74, 6) is 0.186. The molecule has 0 radical (unpaired) electrons. The van der Waals surface area contributed by atoms with Crippen molar-refractivity contribution in [2.24, 2.45) is 5.92 Å². The number of amides is 1. The molecule has 0 aliphatic carbocycles. The van der Waals surface area contributed by atoms with Gasteiger partial charge in [0.05, 0.1) is 36.2 Å². The van der Waals surface area contributed by atoms with Gasteiger partial charge in [-0.3, -0.25) is 9.59 Å². The minimum Gasteiger partial charge on any atom is -0.494 e. The largest absolute Gasteiger partial charge is 0.494 e. The van der Waals surface area contributed by atoms with Gasteiger partial charge in [0.15, 0.2) is 5.82 Å². The summed E-state index contributed by atoms with van der Waals surface area (Å²) in [6, 6.07) is 11.4. The van der Waals surface area contributed by atoms with Crippen LogP contribution in [0.3, 0.4) is 0 Å². The summed E-state index contributed by atoms with van der Waals surface area (Å²) in [4.78, 5) is 36.5. The number of carbonyl (C=O) groups excluding carboxylic acids is 1. The van der Waals surface area contributed by atoms with Gasteiger partial charge < -0.3 is 30.3 Å². The summed E-state index contributed by atoms with van der Waals surface area (Å²) >= 11 is 6.38. The molecule has 0 unspecified atom stereocenters. The summed E-state index contributed by atoms with van der Waals surface area (Å²) in [6.07, 6.45) is 2.71. The number of anilines is 5. The van der Waals surface area contributed by atoms with E-state index >= 15 is 0 Å². The summed E-state index contributed by atoms with van der Waals surface area (Å²) in [5, 5.41) is 15.9. The van der Waals surface area contributed by atoms with Crippen molar-refractivity contribution in [3.05, 3.63) is 58.7 Å². The predicted molar refractivity (Wildman–Crippen MR) is 141 cm³/mol. The molecule has 37 heavy (non-hydrogen) atoms. The third kappa shape index (κ3) is 4.97. The number of ether oxygens (including phenoxy) is 1. The molecule has 1 amide bonds. The molecule has 1 fully saturated rings. The van der Waals surface area contributed by atoms with Crippen LogP contribution >= 0.6 is 11.6 Å². The number of carboxylic acid groups (broad SMARTS) is 1. The molecule has 1 aromatic heterocycles. The van der Waals surface area contributed by atoms with Gasteiger partial charge >= 0.3 is 5.97 Å². The van der Waals surface area contributed by atoms with Crippen LogP contribution in [-0.4, -0.2) is 59.1 Å². The van der Waals surface area contributed by atoms with Crippen LogP contribution in [0, 0.1) is 5.92 Å². The van der Waals surface area contributed by atoms with Crippen molar-refractivity contribution in [3.63, 3.8) is 0 Å². The van der Waals surface area contributed by atoms with E-state index in [0.29, 0.717) is 72.0 Å². The maximum atomic E-state index is 12.6. The number of carboxylic acids is 1. The monoisotopic (exact) mass is 522 g/mol. The first-order valence-electron chi connectivity index (χ1n) is 11.9. The highest BCUT2D eigenvalue weighted by Gasteiger charge is 2.28. The maximum Gasteiger partial charge on any atom is 0.306 e. The second kappa shape index (κ2) is 10.1. The van der Waals surface area contributed by atoms with Crippen LogP contribution in [-0.2, 0) is 11.3 Å². The van der Waals surface area contributed by atoms with E-state index in [9.17, 15) is 14.7 Å². The summed E-state index contributed by atoms with van der Waals surface area (Å²) in [7, 11) is 3.35. The molecule has 0 spiro atoms. The molecule has 0 atom stereocenters. The van der Waals surface area contributed by atoms with E-state index in [1.807, 2.05) is 36.4 Å². The van der Waals surface area contributed by atoms with E-state index in [2.05, 4.69) is 25.5 Å². The van der Waals surface area contributed by atoms with Gasteiger partial charge in [-0.1, -0.05) is 23.7 Å². The van der Waals surface area contributed by atoms with Crippen molar-refractivity contribution < 1.29 is 19.4 Å². The first-order valence-corrected chi connectivity index (χ1v) is 12.3. The standard InChI is InChI=1S/C26H27ClN6O4/c1-32-14-16-4-3-5-20(22(16)24(32)34)29-23-18(27)13-28-26(31-23)30-19-7-6-17(12-21(19)37-2)33-10-8-15(9-11-33)25(35)36/h3-7,12-13,15H,8-11,14H2,1-2H3,(H,35,36)(H2,28,29,30,31). The van der Waals surface area contributed by atoms with E-state index in [1.54, 1.807) is 19.1 Å². The Morgan fingerprint density at radius 1 is 1.16 bits per heavy atom. The predicted octanol–water partition coefficient (Wildman–Crippen LogP) is 4.51. The molecule has 192 valence electrons. The quantitative estimate of drug-likeness (QED) is 0.411. The second-order valence-corrected chi connectivity index (χ2v) is 9.53. The minimum absolute atomic E-state index is 0.0568. The lowest BCUT2D eigenvalue weighted by Gasteiger charge is -2.32. The zero-order valence-corrected chi connectivity index (χ0v) is 21.2. The number of nitrogens with zero attached hydrogens (tertiary/aromatic N) is 4. The summed E-state index contributed by atoms with van der Waals surface area (Å²) in [5.41, 5.74) is 3.81. The average molecular weight is 523 g/mol. The lowest BCUT2D eigenvalue weighted by molar-refractivity contribution is -0.142. The second-order valence-electron chi connectivity index (χ2n) is 9.13. The molecule has 1 saturated heterocycles. The van der Waals surface area contributed by atoms with Crippen LogP contribution < -0.4 is 20.3 Å². The fourth-order valence-corrected chi connectivity index (χ4v) is 4.87. The van der Waals surface area contributed by atoms with Crippen LogP contribution in [0.1, 0.15) is 28.8 Å². The van der Waals surface area contributed by atoms with Crippen LogP contribution in [0.5, 0.6) is 5.75 Å². The molecule has 3 N–H and O–H groups in total. The number of aliphatic carboxylic acids is 1. The van der Waals surface area contributed by atoms with Crippen molar-refractivity contribution in [1.29, 1.82) is 0 Å². The number of methoxy groups -OCH3 is 1. The van der Waals surface area contributed by atoms with Crippen LogP contribution in [0.25, 0.3) is 0 Å². The summed E-state index contributed by atoms with van der Waals surface area (Å²) < 4.78 is 5.61. The fourth-order valence-electron chi connectivity index (χ4n) is 4.73. The molecule has 2 aromatic carbocycles. The number of aromatic nitrogens is 2. The Labute approximate surface area is 219 Å². The van der Waals surface area contributed by atoms with Crippen molar-refractivity contribution >= 4 is 52.3 Å². The molecular weight excluding hydrogens is 496 g/mol. The minimum atomic E-state index is -0.732. The van der Waals surface area contributed by atoms with Crippen LogP contribution in [0.15, 0.2) is 42.6 Å². The van der Waals surface area contributed by atoms with Gasteiger partial charge in [0, 0.05) is 38.4 Å². The highest BCUT2D eigenvalue weighted by molar-refractivity contribution is 6.33. The van der Waals surface area contributed by atoms with Crippen LogP contribution in [0.2, 0.25) is 5.02 Å². The first-order chi connectivity index (χ1) is 17.8. The number of rotatable bonds is 7. The van der Waals surface area contributed by atoms with Gasteiger partial charge in [0.25, 0.3) is 5.91 Å². The number of fused-ring (bicyclic) bond motifs is 1. The van der Waals surface area contributed by atoms with Gasteiger partial charge in [0.1, 0.15) is 10.8 Å². The Morgan fingerprint density at radius 3 is 2.68 bits per heavy atom. The zero-order chi connectivity index (χ0) is 26.1. The normalized spacial score (nSPS) is 15.5. The molecule has 10 nitrogen and oxygen atoms in total. The third-order valence-electron chi connectivity index (χ3n) is 6.76. The van der Waals surface area contributed by atoms with Crippen molar-refractivity contribution in [1.82, 2.24) is 14.9 Å². The van der Waals surface area contributed by atoms with Crippen LogP contribution in [0.4, 0.5) is 28.8 Å². The average Bonchev–Trinajstić information content (AvgIpc) is 3.20. The van der Waals surface area contributed by atoms with Gasteiger partial charge in [-0.25, -0.2) is 4.98 Å². The van der Waals surface area contributed by atoms with Gasteiger partial charge in [0.2, 0.25) is 5.95 Å². The molecule has 0 saturated carbocycles. The van der Waals surface area contributed by atoms with Crippen molar-refractivity contribution in [2.45, 2.75) is 19.4 Å². The molecule has 2 aliphatic heterocycles.